The summed E-state index contributed by atoms with van der Waals surface area (Å²) in [6.45, 7) is 4.46. The van der Waals surface area contributed by atoms with E-state index in [1.54, 1.807) is 6.07 Å². The molecule has 0 amide bonds. The van der Waals surface area contributed by atoms with Crippen molar-refractivity contribution in [1.29, 1.82) is 0 Å². The minimum atomic E-state index is -0.300. The van der Waals surface area contributed by atoms with Crippen LogP contribution < -0.4 is 10.2 Å². The van der Waals surface area contributed by atoms with Gasteiger partial charge in [0.05, 0.1) is 4.92 Å². The summed E-state index contributed by atoms with van der Waals surface area (Å²) >= 11 is 0. The molecule has 0 radical (unpaired) electrons. The van der Waals surface area contributed by atoms with Gasteiger partial charge in [-0.25, -0.2) is 0 Å². The Kier molecular flexibility index (Phi) is 5.38. The molecule has 1 aliphatic heterocycles. The Morgan fingerprint density at radius 2 is 2.14 bits per heavy atom. The Morgan fingerprint density at radius 1 is 1.43 bits per heavy atom. The highest BCUT2D eigenvalue weighted by Gasteiger charge is 2.26. The number of nitro benzene ring substituents is 1. The maximum atomic E-state index is 11.5. The molecule has 2 rings (SSSR count). The van der Waals surface area contributed by atoms with Crippen LogP contribution in [0.2, 0.25) is 0 Å². The van der Waals surface area contributed by atoms with Gasteiger partial charge in [0.15, 0.2) is 0 Å². The molecule has 6 nitrogen and oxygen atoms in total. The summed E-state index contributed by atoms with van der Waals surface area (Å²) < 4.78 is 0. The number of nitrogens with one attached hydrogen (secondary N) is 1. The fraction of sp³-hybridized carbons (Fsp3) is 0.600. The van der Waals surface area contributed by atoms with E-state index in [0.29, 0.717) is 17.3 Å². The van der Waals surface area contributed by atoms with Gasteiger partial charge in [0.1, 0.15) is 11.4 Å². The molecule has 1 aromatic carbocycles. The van der Waals surface area contributed by atoms with Gasteiger partial charge in [-0.3, -0.25) is 10.1 Å². The molecule has 0 aromatic heterocycles. The van der Waals surface area contributed by atoms with Crippen molar-refractivity contribution in [2.75, 3.05) is 36.5 Å². The zero-order chi connectivity index (χ0) is 15.2. The fourth-order valence-corrected chi connectivity index (χ4v) is 2.74. The van der Waals surface area contributed by atoms with Crippen LogP contribution in [0.3, 0.4) is 0 Å². The SMILES string of the molecule is CCCNc1cccc(N2CCC(CO)CC2)c1[N+](=O)[O-]. The summed E-state index contributed by atoms with van der Waals surface area (Å²) in [5, 5.41) is 23.8. The highest BCUT2D eigenvalue weighted by molar-refractivity contribution is 5.77. The zero-order valence-corrected chi connectivity index (χ0v) is 12.4. The molecule has 0 bridgehead atoms. The summed E-state index contributed by atoms with van der Waals surface area (Å²) in [6.07, 6.45) is 2.67. The Hall–Kier alpha value is -1.82. The lowest BCUT2D eigenvalue weighted by molar-refractivity contribution is -0.383. The third-order valence-electron chi connectivity index (χ3n) is 3.98. The Morgan fingerprint density at radius 3 is 2.71 bits per heavy atom. The van der Waals surface area contributed by atoms with Crippen LogP contribution in [-0.4, -0.2) is 36.3 Å². The Bertz CT molecular complexity index is 485. The first kappa shape index (κ1) is 15.6. The van der Waals surface area contributed by atoms with Crippen molar-refractivity contribution in [2.24, 2.45) is 5.92 Å². The number of piperidine rings is 1. The number of hydrogen-bond donors (Lipinski definition) is 2. The van der Waals surface area contributed by atoms with Gasteiger partial charge in [0.25, 0.3) is 0 Å². The second kappa shape index (κ2) is 7.26. The fourth-order valence-electron chi connectivity index (χ4n) is 2.74. The number of para-hydroxylation sites is 1. The van der Waals surface area contributed by atoms with Crippen molar-refractivity contribution in [3.8, 4) is 0 Å². The summed E-state index contributed by atoms with van der Waals surface area (Å²) in [6, 6.07) is 5.44. The maximum Gasteiger partial charge on any atom is 0.315 e. The van der Waals surface area contributed by atoms with Crippen LogP contribution in [0.15, 0.2) is 18.2 Å². The molecule has 2 N–H and O–H groups in total. The largest absolute Gasteiger partial charge is 0.396 e. The molecule has 0 saturated carbocycles. The van der Waals surface area contributed by atoms with Crippen molar-refractivity contribution in [1.82, 2.24) is 0 Å². The molecule has 21 heavy (non-hydrogen) atoms. The molecular formula is C15H23N3O3. The Balaban J connectivity index is 2.24. The third-order valence-corrected chi connectivity index (χ3v) is 3.98. The summed E-state index contributed by atoms with van der Waals surface area (Å²) in [5.74, 6) is 0.321. The van der Waals surface area contributed by atoms with Gasteiger partial charge in [-0.05, 0) is 37.3 Å². The number of benzene rings is 1. The van der Waals surface area contributed by atoms with E-state index in [2.05, 4.69) is 10.2 Å². The summed E-state index contributed by atoms with van der Waals surface area (Å²) in [7, 11) is 0. The normalized spacial score (nSPS) is 16.0. The van der Waals surface area contributed by atoms with E-state index >= 15 is 0 Å². The molecular weight excluding hydrogens is 270 g/mol. The number of anilines is 2. The lowest BCUT2D eigenvalue weighted by atomic mass is 9.97. The summed E-state index contributed by atoms with van der Waals surface area (Å²) in [4.78, 5) is 13.2. The van der Waals surface area contributed by atoms with E-state index in [9.17, 15) is 15.2 Å². The molecule has 0 spiro atoms. The predicted molar refractivity (Wildman–Crippen MR) is 83.9 cm³/mol. The molecule has 0 unspecified atom stereocenters. The number of rotatable bonds is 6. The number of aliphatic hydroxyl groups excluding tert-OH is 1. The van der Waals surface area contributed by atoms with Crippen LogP contribution >= 0.6 is 0 Å². The number of nitro groups is 1. The first-order chi connectivity index (χ1) is 10.2. The molecule has 1 fully saturated rings. The maximum absolute atomic E-state index is 11.5. The monoisotopic (exact) mass is 293 g/mol. The van der Waals surface area contributed by atoms with Crippen molar-refractivity contribution in [3.63, 3.8) is 0 Å². The minimum Gasteiger partial charge on any atom is -0.396 e. The second-order valence-electron chi connectivity index (χ2n) is 5.47. The lowest BCUT2D eigenvalue weighted by Gasteiger charge is -2.32. The van der Waals surface area contributed by atoms with E-state index in [1.165, 1.54) is 0 Å². The van der Waals surface area contributed by atoms with Gasteiger partial charge in [0, 0.05) is 26.2 Å². The van der Waals surface area contributed by atoms with Gasteiger partial charge in [-0.1, -0.05) is 13.0 Å². The summed E-state index contributed by atoms with van der Waals surface area (Å²) in [5.41, 5.74) is 1.43. The van der Waals surface area contributed by atoms with Crippen molar-refractivity contribution >= 4 is 17.1 Å². The second-order valence-corrected chi connectivity index (χ2v) is 5.47. The zero-order valence-electron chi connectivity index (χ0n) is 12.4. The van der Waals surface area contributed by atoms with Crippen LogP contribution in [0.25, 0.3) is 0 Å². The van der Waals surface area contributed by atoms with Crippen molar-refractivity contribution in [2.45, 2.75) is 26.2 Å². The lowest BCUT2D eigenvalue weighted by Crippen LogP contribution is -2.35. The van der Waals surface area contributed by atoms with E-state index < -0.39 is 0 Å². The predicted octanol–water partition coefficient (Wildman–Crippen LogP) is 2.63. The quantitative estimate of drug-likeness (QED) is 0.622. The van der Waals surface area contributed by atoms with Gasteiger partial charge in [-0.15, -0.1) is 0 Å². The van der Waals surface area contributed by atoms with E-state index in [4.69, 9.17) is 0 Å². The number of aliphatic hydroxyl groups is 1. The van der Waals surface area contributed by atoms with E-state index in [0.717, 1.165) is 38.9 Å². The van der Waals surface area contributed by atoms with Crippen LogP contribution in [0.5, 0.6) is 0 Å². The van der Waals surface area contributed by atoms with Gasteiger partial charge in [0.2, 0.25) is 0 Å². The van der Waals surface area contributed by atoms with Gasteiger partial charge >= 0.3 is 5.69 Å². The van der Waals surface area contributed by atoms with Crippen molar-refractivity contribution in [3.05, 3.63) is 28.3 Å². The van der Waals surface area contributed by atoms with Crippen LogP contribution in [0.4, 0.5) is 17.1 Å². The molecule has 1 aromatic rings. The number of nitrogens with zero attached hydrogens (tertiary/aromatic N) is 2. The molecule has 0 aliphatic carbocycles. The van der Waals surface area contributed by atoms with Gasteiger partial charge in [-0.2, -0.15) is 0 Å². The molecule has 1 aliphatic rings. The van der Waals surface area contributed by atoms with E-state index in [-0.39, 0.29) is 17.2 Å². The van der Waals surface area contributed by atoms with Crippen LogP contribution in [-0.2, 0) is 0 Å². The average molecular weight is 293 g/mol. The highest BCUT2D eigenvalue weighted by Crippen LogP contribution is 2.37. The van der Waals surface area contributed by atoms with Crippen LogP contribution in [0, 0.1) is 16.0 Å². The number of hydrogen-bond acceptors (Lipinski definition) is 5. The van der Waals surface area contributed by atoms with Crippen molar-refractivity contribution < 1.29 is 10.0 Å². The molecule has 1 heterocycles. The topological polar surface area (TPSA) is 78.6 Å². The first-order valence-corrected chi connectivity index (χ1v) is 7.54. The highest BCUT2D eigenvalue weighted by atomic mass is 16.6. The molecule has 1 saturated heterocycles. The standard InChI is InChI=1S/C15H23N3O3/c1-2-8-16-13-4-3-5-14(15(13)18(20)21)17-9-6-12(11-19)7-10-17/h3-5,12,16,19H,2,6-11H2,1H3. The average Bonchev–Trinajstić information content (AvgIpc) is 2.52. The first-order valence-electron chi connectivity index (χ1n) is 7.54. The molecule has 0 atom stereocenters. The van der Waals surface area contributed by atoms with E-state index in [1.807, 2.05) is 19.1 Å². The molecule has 6 heteroatoms. The molecule has 116 valence electrons. The smallest absolute Gasteiger partial charge is 0.315 e. The minimum absolute atomic E-state index is 0.161. The van der Waals surface area contributed by atoms with Crippen LogP contribution in [0.1, 0.15) is 26.2 Å². The third kappa shape index (κ3) is 3.64. The Labute approximate surface area is 124 Å². The van der Waals surface area contributed by atoms with Gasteiger partial charge < -0.3 is 15.3 Å².